The van der Waals surface area contributed by atoms with E-state index in [9.17, 15) is 0 Å². The standard InChI is InChI=1S/C19H26N2O2/c1-14(2)22-19-12-11-18(13-21-19)23-17-9-7-16(8-10-17)6-5-15(3)20-4/h7-15,20H,5-6H2,1-4H3. The molecule has 0 fully saturated rings. The number of nitrogens with one attached hydrogen (secondary N) is 1. The van der Waals surface area contributed by atoms with Crippen molar-refractivity contribution >= 4 is 0 Å². The molecule has 0 saturated heterocycles. The molecule has 2 aromatic rings. The van der Waals surface area contributed by atoms with E-state index in [1.165, 1.54) is 5.56 Å². The van der Waals surface area contributed by atoms with Crippen molar-refractivity contribution in [3.63, 3.8) is 0 Å². The SMILES string of the molecule is CNC(C)CCc1ccc(Oc2ccc(OC(C)C)nc2)cc1. The molecule has 0 spiro atoms. The van der Waals surface area contributed by atoms with Gasteiger partial charge in [0.2, 0.25) is 5.88 Å². The van der Waals surface area contributed by atoms with Gasteiger partial charge in [0.15, 0.2) is 0 Å². The van der Waals surface area contributed by atoms with Crippen molar-refractivity contribution in [2.45, 2.75) is 45.8 Å². The van der Waals surface area contributed by atoms with E-state index in [2.05, 4.69) is 29.4 Å². The Labute approximate surface area is 138 Å². The summed E-state index contributed by atoms with van der Waals surface area (Å²) in [6.45, 7) is 6.15. The summed E-state index contributed by atoms with van der Waals surface area (Å²) >= 11 is 0. The van der Waals surface area contributed by atoms with Gasteiger partial charge < -0.3 is 14.8 Å². The average Bonchev–Trinajstić information content (AvgIpc) is 2.55. The first-order chi connectivity index (χ1) is 11.1. The minimum atomic E-state index is 0.118. The van der Waals surface area contributed by atoms with Crippen LogP contribution in [0.15, 0.2) is 42.6 Å². The van der Waals surface area contributed by atoms with Gasteiger partial charge in [0.1, 0.15) is 11.5 Å². The van der Waals surface area contributed by atoms with Crippen molar-refractivity contribution in [1.29, 1.82) is 0 Å². The molecule has 1 unspecified atom stereocenters. The number of hydrogen-bond donors (Lipinski definition) is 1. The molecule has 1 atom stereocenters. The summed E-state index contributed by atoms with van der Waals surface area (Å²) < 4.78 is 11.3. The third kappa shape index (κ3) is 5.91. The van der Waals surface area contributed by atoms with Crippen molar-refractivity contribution in [3.05, 3.63) is 48.2 Å². The highest BCUT2D eigenvalue weighted by Crippen LogP contribution is 2.23. The molecule has 0 radical (unpaired) electrons. The van der Waals surface area contributed by atoms with Crippen LogP contribution in [0.3, 0.4) is 0 Å². The smallest absolute Gasteiger partial charge is 0.213 e. The molecule has 1 aromatic heterocycles. The topological polar surface area (TPSA) is 43.4 Å². The molecule has 4 nitrogen and oxygen atoms in total. The van der Waals surface area contributed by atoms with Gasteiger partial charge in [-0.15, -0.1) is 0 Å². The molecule has 1 N–H and O–H groups in total. The van der Waals surface area contributed by atoms with Gasteiger partial charge >= 0.3 is 0 Å². The third-order valence-electron chi connectivity index (χ3n) is 3.58. The van der Waals surface area contributed by atoms with Crippen LogP contribution in [0.5, 0.6) is 17.4 Å². The van der Waals surface area contributed by atoms with Gasteiger partial charge in [-0.05, 0) is 64.4 Å². The number of aryl methyl sites for hydroxylation is 1. The predicted octanol–water partition coefficient (Wildman–Crippen LogP) is 4.20. The lowest BCUT2D eigenvalue weighted by Gasteiger charge is -2.11. The van der Waals surface area contributed by atoms with Crippen molar-refractivity contribution < 1.29 is 9.47 Å². The highest BCUT2D eigenvalue weighted by molar-refractivity contribution is 5.33. The molecule has 0 amide bonds. The van der Waals surface area contributed by atoms with E-state index in [4.69, 9.17) is 9.47 Å². The first-order valence-corrected chi connectivity index (χ1v) is 8.13. The normalized spacial score (nSPS) is 12.2. The maximum absolute atomic E-state index is 5.81. The molecule has 4 heteroatoms. The summed E-state index contributed by atoms with van der Waals surface area (Å²) in [5.74, 6) is 2.13. The third-order valence-corrected chi connectivity index (χ3v) is 3.58. The monoisotopic (exact) mass is 314 g/mol. The van der Waals surface area contributed by atoms with E-state index < -0.39 is 0 Å². The minimum Gasteiger partial charge on any atom is -0.475 e. The number of pyridine rings is 1. The second-order valence-corrected chi connectivity index (χ2v) is 5.97. The van der Waals surface area contributed by atoms with E-state index in [-0.39, 0.29) is 6.10 Å². The molecule has 0 bridgehead atoms. The van der Waals surface area contributed by atoms with E-state index in [1.54, 1.807) is 6.20 Å². The molecule has 0 aliphatic rings. The number of hydrogen-bond acceptors (Lipinski definition) is 4. The van der Waals surface area contributed by atoms with Crippen molar-refractivity contribution in [2.24, 2.45) is 0 Å². The fourth-order valence-corrected chi connectivity index (χ4v) is 2.13. The summed E-state index contributed by atoms with van der Waals surface area (Å²) in [6, 6.07) is 12.4. The largest absolute Gasteiger partial charge is 0.475 e. The van der Waals surface area contributed by atoms with E-state index in [0.29, 0.717) is 17.7 Å². The van der Waals surface area contributed by atoms with Crippen LogP contribution in [0.2, 0.25) is 0 Å². The molecule has 0 saturated carbocycles. The summed E-state index contributed by atoms with van der Waals surface area (Å²) in [7, 11) is 1.99. The van der Waals surface area contributed by atoms with Crippen molar-refractivity contribution in [2.75, 3.05) is 7.05 Å². The Morgan fingerprint density at radius 2 is 1.70 bits per heavy atom. The lowest BCUT2D eigenvalue weighted by molar-refractivity contribution is 0.232. The number of nitrogens with zero attached hydrogens (tertiary/aromatic N) is 1. The van der Waals surface area contributed by atoms with Gasteiger partial charge in [0, 0.05) is 12.1 Å². The Balaban J connectivity index is 1.90. The quantitative estimate of drug-likeness (QED) is 0.793. The Morgan fingerprint density at radius 3 is 2.26 bits per heavy atom. The molecular formula is C19H26N2O2. The molecule has 23 heavy (non-hydrogen) atoms. The van der Waals surface area contributed by atoms with E-state index in [1.807, 2.05) is 45.2 Å². The van der Waals surface area contributed by atoms with Gasteiger partial charge in [-0.1, -0.05) is 12.1 Å². The molecule has 0 aliphatic heterocycles. The second-order valence-electron chi connectivity index (χ2n) is 5.97. The van der Waals surface area contributed by atoms with Crippen LogP contribution >= 0.6 is 0 Å². The van der Waals surface area contributed by atoms with E-state index in [0.717, 1.165) is 18.6 Å². The lowest BCUT2D eigenvalue weighted by Crippen LogP contribution is -2.21. The zero-order valence-corrected chi connectivity index (χ0v) is 14.4. The van der Waals surface area contributed by atoms with Crippen LogP contribution in [0.4, 0.5) is 0 Å². The van der Waals surface area contributed by atoms with Gasteiger partial charge in [0.05, 0.1) is 12.3 Å². The summed E-state index contributed by atoms with van der Waals surface area (Å²) in [5.41, 5.74) is 1.32. The van der Waals surface area contributed by atoms with Gasteiger partial charge in [-0.25, -0.2) is 4.98 Å². The molecule has 0 aliphatic carbocycles. The van der Waals surface area contributed by atoms with E-state index >= 15 is 0 Å². The first-order valence-electron chi connectivity index (χ1n) is 8.13. The van der Waals surface area contributed by atoms with Gasteiger partial charge in [-0.2, -0.15) is 0 Å². The van der Waals surface area contributed by atoms with Gasteiger partial charge in [-0.3, -0.25) is 0 Å². The Bertz CT molecular complexity index is 579. The Kier molecular flexibility index (Phi) is 6.41. The predicted molar refractivity (Wildman–Crippen MR) is 93.4 cm³/mol. The van der Waals surface area contributed by atoms with Crippen LogP contribution in [-0.4, -0.2) is 24.2 Å². The zero-order valence-electron chi connectivity index (χ0n) is 14.4. The summed E-state index contributed by atoms with van der Waals surface area (Å²) in [5, 5.41) is 3.25. The highest BCUT2D eigenvalue weighted by atomic mass is 16.5. The first kappa shape index (κ1) is 17.3. The van der Waals surface area contributed by atoms with Crippen LogP contribution in [0.25, 0.3) is 0 Å². The Morgan fingerprint density at radius 1 is 1.00 bits per heavy atom. The van der Waals surface area contributed by atoms with Crippen LogP contribution < -0.4 is 14.8 Å². The number of aromatic nitrogens is 1. The summed E-state index contributed by atoms with van der Waals surface area (Å²) in [4.78, 5) is 4.24. The van der Waals surface area contributed by atoms with Gasteiger partial charge in [0.25, 0.3) is 0 Å². The molecular weight excluding hydrogens is 288 g/mol. The number of benzene rings is 1. The fraction of sp³-hybridized carbons (Fsp3) is 0.421. The molecule has 1 aromatic carbocycles. The molecule has 2 rings (SSSR count). The zero-order chi connectivity index (χ0) is 16.7. The highest BCUT2D eigenvalue weighted by Gasteiger charge is 2.03. The lowest BCUT2D eigenvalue weighted by atomic mass is 10.1. The van der Waals surface area contributed by atoms with Crippen molar-refractivity contribution in [3.8, 4) is 17.4 Å². The van der Waals surface area contributed by atoms with Crippen LogP contribution in [-0.2, 0) is 6.42 Å². The molecule has 1 heterocycles. The maximum Gasteiger partial charge on any atom is 0.213 e. The van der Waals surface area contributed by atoms with Crippen molar-refractivity contribution in [1.82, 2.24) is 10.3 Å². The fourth-order valence-electron chi connectivity index (χ4n) is 2.13. The summed E-state index contributed by atoms with van der Waals surface area (Å²) in [6.07, 6.45) is 3.98. The Hall–Kier alpha value is -2.07. The maximum atomic E-state index is 5.81. The second kappa shape index (κ2) is 8.53. The minimum absolute atomic E-state index is 0.118. The number of rotatable bonds is 8. The van der Waals surface area contributed by atoms with Crippen LogP contribution in [0, 0.1) is 0 Å². The van der Waals surface area contributed by atoms with Crippen LogP contribution in [0.1, 0.15) is 32.8 Å². The molecule has 124 valence electrons. The average molecular weight is 314 g/mol. The number of ether oxygens (including phenoxy) is 2.